The minimum absolute atomic E-state index is 0.238. The second kappa shape index (κ2) is 8.10. The van der Waals surface area contributed by atoms with Crippen molar-refractivity contribution >= 4 is 15.9 Å². The third-order valence-corrected chi connectivity index (χ3v) is 4.13. The molecule has 1 aliphatic rings. The molecule has 2 atom stereocenters. The lowest BCUT2D eigenvalue weighted by molar-refractivity contribution is 0.0145. The molecule has 1 saturated heterocycles. The fourth-order valence-electron chi connectivity index (χ4n) is 2.33. The van der Waals surface area contributed by atoms with Gasteiger partial charge in [-0.05, 0) is 24.6 Å². The van der Waals surface area contributed by atoms with Crippen LogP contribution in [0, 0.1) is 0 Å². The van der Waals surface area contributed by atoms with E-state index in [1.54, 1.807) is 0 Å². The minimum atomic E-state index is -0.342. The van der Waals surface area contributed by atoms with Gasteiger partial charge < -0.3 is 15.2 Å². The van der Waals surface area contributed by atoms with Crippen molar-refractivity contribution in [3.8, 4) is 0 Å². The van der Waals surface area contributed by atoms with Gasteiger partial charge in [-0.25, -0.2) is 0 Å². The summed E-state index contributed by atoms with van der Waals surface area (Å²) in [4.78, 5) is 2.25. The zero-order valence-corrected chi connectivity index (χ0v) is 13.5. The van der Waals surface area contributed by atoms with Crippen molar-refractivity contribution in [2.24, 2.45) is 0 Å². The highest BCUT2D eigenvalue weighted by Gasteiger charge is 2.15. The van der Waals surface area contributed by atoms with Crippen LogP contribution in [0.1, 0.15) is 18.5 Å². The van der Waals surface area contributed by atoms with Crippen LogP contribution in [-0.2, 0) is 4.74 Å². The average molecular weight is 343 g/mol. The van der Waals surface area contributed by atoms with Gasteiger partial charge in [-0.15, -0.1) is 0 Å². The van der Waals surface area contributed by atoms with Gasteiger partial charge in [0, 0.05) is 36.7 Å². The summed E-state index contributed by atoms with van der Waals surface area (Å²) in [6.07, 6.45) is -0.342. The summed E-state index contributed by atoms with van der Waals surface area (Å²) < 4.78 is 6.39. The maximum atomic E-state index is 10.1. The number of benzene rings is 1. The fourth-order valence-corrected chi connectivity index (χ4v) is 2.59. The van der Waals surface area contributed by atoms with Crippen LogP contribution in [0.3, 0.4) is 0 Å². The Kier molecular flexibility index (Phi) is 6.45. The van der Waals surface area contributed by atoms with Crippen molar-refractivity contribution in [3.63, 3.8) is 0 Å². The third-order valence-electron chi connectivity index (χ3n) is 3.60. The summed E-state index contributed by atoms with van der Waals surface area (Å²) >= 11 is 3.44. The lowest BCUT2D eigenvalue weighted by Crippen LogP contribution is -2.44. The van der Waals surface area contributed by atoms with Crippen molar-refractivity contribution < 1.29 is 9.84 Å². The molecule has 0 aliphatic carbocycles. The third kappa shape index (κ3) is 5.14. The number of aliphatic hydroxyl groups is 1. The SMILES string of the molecule is CC(NCC(O)CN1CCOCC1)c1ccc(Br)cc1. The van der Waals surface area contributed by atoms with Crippen molar-refractivity contribution in [1.82, 2.24) is 10.2 Å². The van der Waals surface area contributed by atoms with Crippen molar-refractivity contribution in [3.05, 3.63) is 34.3 Å². The largest absolute Gasteiger partial charge is 0.390 e. The molecule has 0 amide bonds. The van der Waals surface area contributed by atoms with Gasteiger partial charge in [-0.2, -0.15) is 0 Å². The van der Waals surface area contributed by atoms with E-state index in [4.69, 9.17) is 4.74 Å². The van der Waals surface area contributed by atoms with E-state index in [0.717, 1.165) is 30.8 Å². The van der Waals surface area contributed by atoms with Crippen LogP contribution in [-0.4, -0.2) is 55.5 Å². The Bertz CT molecular complexity index is 393. The van der Waals surface area contributed by atoms with Gasteiger partial charge in [0.2, 0.25) is 0 Å². The summed E-state index contributed by atoms with van der Waals surface area (Å²) in [7, 11) is 0. The Morgan fingerprint density at radius 3 is 2.60 bits per heavy atom. The average Bonchev–Trinajstić information content (AvgIpc) is 2.46. The number of aliphatic hydroxyl groups excluding tert-OH is 1. The van der Waals surface area contributed by atoms with E-state index in [2.05, 4.69) is 45.2 Å². The molecule has 0 saturated carbocycles. The predicted octanol–water partition coefficient (Wildman–Crippen LogP) is 1.79. The first-order chi connectivity index (χ1) is 9.65. The molecule has 2 unspecified atom stereocenters. The number of ether oxygens (including phenoxy) is 1. The second-order valence-electron chi connectivity index (χ2n) is 5.25. The molecule has 20 heavy (non-hydrogen) atoms. The van der Waals surface area contributed by atoms with Crippen LogP contribution in [0.4, 0.5) is 0 Å². The Balaban J connectivity index is 1.71. The molecule has 0 aromatic heterocycles. The monoisotopic (exact) mass is 342 g/mol. The number of hydrogen-bond acceptors (Lipinski definition) is 4. The zero-order chi connectivity index (χ0) is 14.4. The molecule has 2 rings (SSSR count). The van der Waals surface area contributed by atoms with E-state index < -0.39 is 0 Å². The van der Waals surface area contributed by atoms with Gasteiger partial charge >= 0.3 is 0 Å². The molecule has 0 spiro atoms. The van der Waals surface area contributed by atoms with E-state index in [1.165, 1.54) is 5.56 Å². The van der Waals surface area contributed by atoms with Gasteiger partial charge in [0.25, 0.3) is 0 Å². The highest BCUT2D eigenvalue weighted by Crippen LogP contribution is 2.16. The first-order valence-electron chi connectivity index (χ1n) is 7.12. The highest BCUT2D eigenvalue weighted by molar-refractivity contribution is 9.10. The van der Waals surface area contributed by atoms with Gasteiger partial charge in [-0.3, -0.25) is 4.90 Å². The quantitative estimate of drug-likeness (QED) is 0.827. The molecule has 1 heterocycles. The summed E-state index contributed by atoms with van der Waals surface area (Å²) in [6.45, 7) is 6.81. The molecule has 0 bridgehead atoms. The number of hydrogen-bond donors (Lipinski definition) is 2. The smallest absolute Gasteiger partial charge is 0.0791 e. The number of nitrogens with one attached hydrogen (secondary N) is 1. The molecule has 1 aliphatic heterocycles. The number of β-amino-alcohol motifs (C(OH)–C–C–N with tert-alkyl or cyclic N) is 1. The van der Waals surface area contributed by atoms with E-state index >= 15 is 0 Å². The predicted molar refractivity (Wildman–Crippen MR) is 83.8 cm³/mol. The first kappa shape index (κ1) is 15.9. The number of morpholine rings is 1. The van der Waals surface area contributed by atoms with Crippen molar-refractivity contribution in [2.45, 2.75) is 19.1 Å². The van der Waals surface area contributed by atoms with E-state index in [-0.39, 0.29) is 12.1 Å². The normalized spacial score (nSPS) is 19.8. The standard InChI is InChI=1S/C15H23BrN2O2/c1-12(13-2-4-14(16)5-3-13)17-10-15(19)11-18-6-8-20-9-7-18/h2-5,12,15,17,19H,6-11H2,1H3. The Morgan fingerprint density at radius 2 is 1.95 bits per heavy atom. The summed E-state index contributed by atoms with van der Waals surface area (Å²) in [5, 5.41) is 13.5. The molecular weight excluding hydrogens is 320 g/mol. The van der Waals surface area contributed by atoms with Crippen LogP contribution < -0.4 is 5.32 Å². The summed E-state index contributed by atoms with van der Waals surface area (Å²) in [5.41, 5.74) is 1.23. The highest BCUT2D eigenvalue weighted by atomic mass is 79.9. The topological polar surface area (TPSA) is 44.7 Å². The van der Waals surface area contributed by atoms with Crippen molar-refractivity contribution in [2.75, 3.05) is 39.4 Å². The Morgan fingerprint density at radius 1 is 1.30 bits per heavy atom. The zero-order valence-electron chi connectivity index (χ0n) is 11.9. The van der Waals surface area contributed by atoms with Gasteiger partial charge in [0.1, 0.15) is 0 Å². The minimum Gasteiger partial charge on any atom is -0.390 e. The molecule has 1 aromatic rings. The van der Waals surface area contributed by atoms with Crippen LogP contribution in [0.15, 0.2) is 28.7 Å². The summed E-state index contributed by atoms with van der Waals surface area (Å²) in [6, 6.07) is 8.50. The van der Waals surface area contributed by atoms with Crippen molar-refractivity contribution in [1.29, 1.82) is 0 Å². The molecule has 1 fully saturated rings. The van der Waals surface area contributed by atoms with E-state index in [1.807, 2.05) is 12.1 Å². The lowest BCUT2D eigenvalue weighted by Gasteiger charge is -2.29. The van der Waals surface area contributed by atoms with Gasteiger partial charge in [-0.1, -0.05) is 28.1 Å². The van der Waals surface area contributed by atoms with Gasteiger partial charge in [0.05, 0.1) is 19.3 Å². The van der Waals surface area contributed by atoms with Crippen LogP contribution in [0.25, 0.3) is 0 Å². The second-order valence-corrected chi connectivity index (χ2v) is 6.16. The first-order valence-corrected chi connectivity index (χ1v) is 7.91. The number of rotatable bonds is 6. The molecular formula is C15H23BrN2O2. The molecule has 1 aromatic carbocycles. The molecule has 5 heteroatoms. The summed E-state index contributed by atoms with van der Waals surface area (Å²) in [5.74, 6) is 0. The van der Waals surface area contributed by atoms with Crippen LogP contribution in [0.2, 0.25) is 0 Å². The Labute approximate surface area is 129 Å². The maximum absolute atomic E-state index is 10.1. The Hall–Kier alpha value is -0.460. The fraction of sp³-hybridized carbons (Fsp3) is 0.600. The van der Waals surface area contributed by atoms with E-state index in [9.17, 15) is 5.11 Å². The van der Waals surface area contributed by atoms with Crippen LogP contribution >= 0.6 is 15.9 Å². The van der Waals surface area contributed by atoms with Crippen LogP contribution in [0.5, 0.6) is 0 Å². The molecule has 0 radical (unpaired) electrons. The number of halogens is 1. The molecule has 112 valence electrons. The van der Waals surface area contributed by atoms with Gasteiger partial charge in [0.15, 0.2) is 0 Å². The van der Waals surface area contributed by atoms with E-state index in [0.29, 0.717) is 13.1 Å². The molecule has 2 N–H and O–H groups in total. The number of nitrogens with zero attached hydrogens (tertiary/aromatic N) is 1. The maximum Gasteiger partial charge on any atom is 0.0791 e. The lowest BCUT2D eigenvalue weighted by atomic mass is 10.1. The molecule has 4 nitrogen and oxygen atoms in total.